The van der Waals surface area contributed by atoms with Gasteiger partial charge >= 0.3 is 0 Å². The highest BCUT2D eigenvalue weighted by atomic mass is 14.2. The fourth-order valence-corrected chi connectivity index (χ4v) is 0.899. The van der Waals surface area contributed by atoms with Crippen LogP contribution in [0.3, 0.4) is 0 Å². The van der Waals surface area contributed by atoms with Gasteiger partial charge in [0.15, 0.2) is 0 Å². The van der Waals surface area contributed by atoms with Crippen molar-refractivity contribution in [3.05, 3.63) is 12.2 Å². The molecule has 1 saturated carbocycles. The molecule has 9 heavy (non-hydrogen) atoms. The summed E-state index contributed by atoms with van der Waals surface area (Å²) < 4.78 is 0. The number of hydrogen-bond acceptors (Lipinski definition) is 0. The Kier molecular flexibility index (Phi) is 2.82. The molecule has 0 nitrogen and oxygen atoms in total. The largest absolute Gasteiger partial charge is 0.0883 e. The smallest absolute Gasteiger partial charge is 0.0233 e. The number of rotatable bonds is 4. The van der Waals surface area contributed by atoms with Crippen LogP contribution in [0.15, 0.2) is 12.2 Å². The summed E-state index contributed by atoms with van der Waals surface area (Å²) in [7, 11) is 0. The third-order valence-corrected chi connectivity index (χ3v) is 1.75. The number of unbranched alkanes of at least 4 members (excludes halogenated alkanes) is 2. The molecule has 0 atom stereocenters. The maximum absolute atomic E-state index is 2.38. The number of hydrogen-bond donors (Lipinski definition) is 0. The highest BCUT2D eigenvalue weighted by molar-refractivity contribution is 4.95. The maximum Gasteiger partial charge on any atom is -0.0233 e. The van der Waals surface area contributed by atoms with Gasteiger partial charge in [0.1, 0.15) is 0 Å². The first-order valence-corrected chi connectivity index (χ1v) is 4.10. The van der Waals surface area contributed by atoms with Crippen molar-refractivity contribution in [1.29, 1.82) is 0 Å². The highest BCUT2D eigenvalue weighted by Gasteiger charge is 2.16. The summed E-state index contributed by atoms with van der Waals surface area (Å²) in [5.74, 6) is 0.974. The van der Waals surface area contributed by atoms with Crippen LogP contribution in [0.2, 0.25) is 0 Å². The van der Waals surface area contributed by atoms with E-state index in [-0.39, 0.29) is 0 Å². The van der Waals surface area contributed by atoms with Crippen LogP contribution in [-0.4, -0.2) is 0 Å². The molecule has 1 aliphatic carbocycles. The minimum atomic E-state index is 0.974. The van der Waals surface area contributed by atoms with Crippen LogP contribution in [0.25, 0.3) is 0 Å². The molecule has 0 bridgehead atoms. The lowest BCUT2D eigenvalue weighted by Gasteiger charge is -1.86. The molecule has 52 valence electrons. The summed E-state index contributed by atoms with van der Waals surface area (Å²) in [6.07, 6.45) is 11.6. The molecule has 0 spiro atoms. The van der Waals surface area contributed by atoms with Gasteiger partial charge in [-0.05, 0) is 25.2 Å². The van der Waals surface area contributed by atoms with E-state index in [9.17, 15) is 0 Å². The molecule has 0 unspecified atom stereocenters. The lowest BCUT2D eigenvalue weighted by atomic mass is 10.2. The van der Waals surface area contributed by atoms with E-state index >= 15 is 0 Å². The lowest BCUT2D eigenvalue weighted by molar-refractivity contribution is 0.811. The van der Waals surface area contributed by atoms with Crippen LogP contribution in [0.5, 0.6) is 0 Å². The van der Waals surface area contributed by atoms with E-state index in [2.05, 4.69) is 19.1 Å². The Morgan fingerprint density at radius 1 is 1.44 bits per heavy atom. The number of allylic oxidation sites excluding steroid dienone is 2. The van der Waals surface area contributed by atoms with Gasteiger partial charge in [0.05, 0.1) is 0 Å². The van der Waals surface area contributed by atoms with Crippen molar-refractivity contribution in [2.45, 2.75) is 39.0 Å². The standard InChI is InChI=1S/C9H16/c1-2-3-4-5-6-9-7-8-9/h5-6,9H,2-4,7-8H2,1H3/b6-5+. The molecule has 0 amide bonds. The Hall–Kier alpha value is -0.260. The van der Waals surface area contributed by atoms with E-state index in [0.29, 0.717) is 0 Å². The zero-order valence-corrected chi connectivity index (χ0v) is 6.27. The summed E-state index contributed by atoms with van der Waals surface area (Å²) in [5.41, 5.74) is 0. The SMILES string of the molecule is CCCC/C=C/C1CC1. The van der Waals surface area contributed by atoms with Gasteiger partial charge in [0, 0.05) is 0 Å². The average Bonchev–Trinajstić information content (AvgIpc) is 2.63. The molecule has 0 radical (unpaired) electrons. The van der Waals surface area contributed by atoms with Gasteiger partial charge < -0.3 is 0 Å². The zero-order chi connectivity index (χ0) is 6.53. The van der Waals surface area contributed by atoms with Crippen LogP contribution in [0, 0.1) is 5.92 Å². The molecule has 0 aromatic heterocycles. The fourth-order valence-electron chi connectivity index (χ4n) is 0.899. The van der Waals surface area contributed by atoms with Gasteiger partial charge in [-0.2, -0.15) is 0 Å². The predicted molar refractivity (Wildman–Crippen MR) is 41.4 cm³/mol. The minimum Gasteiger partial charge on any atom is -0.0883 e. The van der Waals surface area contributed by atoms with Crippen LogP contribution in [0.1, 0.15) is 39.0 Å². The van der Waals surface area contributed by atoms with E-state index < -0.39 is 0 Å². The second-order valence-corrected chi connectivity index (χ2v) is 2.91. The third-order valence-electron chi connectivity index (χ3n) is 1.75. The van der Waals surface area contributed by atoms with Gasteiger partial charge in [-0.3, -0.25) is 0 Å². The van der Waals surface area contributed by atoms with E-state index in [4.69, 9.17) is 0 Å². The van der Waals surface area contributed by atoms with Crippen LogP contribution >= 0.6 is 0 Å². The summed E-state index contributed by atoms with van der Waals surface area (Å²) >= 11 is 0. The Labute approximate surface area is 58.0 Å². The van der Waals surface area contributed by atoms with Crippen molar-refractivity contribution in [2.24, 2.45) is 5.92 Å². The fraction of sp³-hybridized carbons (Fsp3) is 0.778. The van der Waals surface area contributed by atoms with E-state index in [1.165, 1.54) is 32.1 Å². The first-order valence-electron chi connectivity index (χ1n) is 4.10. The molecule has 0 heteroatoms. The van der Waals surface area contributed by atoms with Crippen molar-refractivity contribution in [3.63, 3.8) is 0 Å². The normalized spacial score (nSPS) is 19.2. The summed E-state index contributed by atoms with van der Waals surface area (Å²) in [6.45, 7) is 2.24. The third kappa shape index (κ3) is 3.34. The van der Waals surface area contributed by atoms with Crippen molar-refractivity contribution in [1.82, 2.24) is 0 Å². The van der Waals surface area contributed by atoms with E-state index in [1.54, 1.807) is 0 Å². The topological polar surface area (TPSA) is 0 Å². The zero-order valence-electron chi connectivity index (χ0n) is 6.27. The van der Waals surface area contributed by atoms with Crippen LogP contribution in [0.4, 0.5) is 0 Å². The van der Waals surface area contributed by atoms with Gasteiger partial charge in [-0.1, -0.05) is 31.9 Å². The van der Waals surface area contributed by atoms with E-state index in [0.717, 1.165) is 5.92 Å². The molecule has 1 rings (SSSR count). The molecule has 0 aromatic carbocycles. The molecular weight excluding hydrogens is 108 g/mol. The molecule has 0 aromatic rings. The van der Waals surface area contributed by atoms with Gasteiger partial charge in [0.2, 0.25) is 0 Å². The monoisotopic (exact) mass is 124 g/mol. The van der Waals surface area contributed by atoms with Gasteiger partial charge in [0.25, 0.3) is 0 Å². The molecule has 0 heterocycles. The van der Waals surface area contributed by atoms with Gasteiger partial charge in [-0.15, -0.1) is 0 Å². The van der Waals surface area contributed by atoms with Crippen molar-refractivity contribution < 1.29 is 0 Å². The average molecular weight is 124 g/mol. The van der Waals surface area contributed by atoms with Crippen molar-refractivity contribution in [2.75, 3.05) is 0 Å². The first kappa shape index (κ1) is 6.85. The Balaban J connectivity index is 1.89. The molecule has 0 aliphatic heterocycles. The first-order chi connectivity index (χ1) is 4.43. The predicted octanol–water partition coefficient (Wildman–Crippen LogP) is 3.14. The van der Waals surface area contributed by atoms with Gasteiger partial charge in [-0.25, -0.2) is 0 Å². The maximum atomic E-state index is 2.38. The molecule has 0 N–H and O–H groups in total. The molecule has 1 fully saturated rings. The molecular formula is C9H16. The van der Waals surface area contributed by atoms with Crippen molar-refractivity contribution in [3.8, 4) is 0 Å². The summed E-state index contributed by atoms with van der Waals surface area (Å²) in [6, 6.07) is 0. The second kappa shape index (κ2) is 3.71. The second-order valence-electron chi connectivity index (χ2n) is 2.91. The minimum absolute atomic E-state index is 0.974. The molecule has 1 aliphatic rings. The summed E-state index contributed by atoms with van der Waals surface area (Å²) in [4.78, 5) is 0. The lowest BCUT2D eigenvalue weighted by Crippen LogP contribution is -1.67. The van der Waals surface area contributed by atoms with E-state index in [1.807, 2.05) is 0 Å². The quantitative estimate of drug-likeness (QED) is 0.399. The van der Waals surface area contributed by atoms with Crippen LogP contribution < -0.4 is 0 Å². The highest BCUT2D eigenvalue weighted by Crippen LogP contribution is 2.30. The Morgan fingerprint density at radius 3 is 2.78 bits per heavy atom. The van der Waals surface area contributed by atoms with Crippen molar-refractivity contribution >= 4 is 0 Å². The summed E-state index contributed by atoms with van der Waals surface area (Å²) in [5, 5.41) is 0. The van der Waals surface area contributed by atoms with Crippen LogP contribution in [-0.2, 0) is 0 Å². The Bertz CT molecular complexity index is 88.2. The Morgan fingerprint density at radius 2 is 2.22 bits per heavy atom. The molecule has 0 saturated heterocycles.